The molecule has 0 aliphatic carbocycles. The Balaban J connectivity index is 2.76. The summed E-state index contributed by atoms with van der Waals surface area (Å²) in [5.74, 6) is 0. The number of hydrogen-bond donors (Lipinski definition) is 2. The lowest BCUT2D eigenvalue weighted by molar-refractivity contribution is 0.171. The van der Waals surface area contributed by atoms with Crippen LogP contribution in [0.1, 0.15) is 6.92 Å². The maximum Gasteiger partial charge on any atom is 0.262 e. The second-order valence-corrected chi connectivity index (χ2v) is 4.13. The van der Waals surface area contributed by atoms with Gasteiger partial charge in [0.1, 0.15) is 0 Å². The number of nitrogens with zero attached hydrogens (tertiary/aromatic N) is 1. The van der Waals surface area contributed by atoms with Crippen LogP contribution in [-0.4, -0.2) is 20.8 Å². The number of nitrogens with one attached hydrogen (secondary N) is 1. The Hall–Kier alpha value is -1.46. The lowest BCUT2D eigenvalue weighted by atomic mass is 10.2. The van der Waals surface area contributed by atoms with Gasteiger partial charge in [-0.05, 0) is 31.3 Å². The molecule has 16 heavy (non-hydrogen) atoms. The third-order valence-electron chi connectivity index (χ3n) is 2.34. The van der Waals surface area contributed by atoms with E-state index in [2.05, 4.69) is 4.98 Å². The summed E-state index contributed by atoms with van der Waals surface area (Å²) in [6.45, 7) is 1.83. The molecule has 0 spiro atoms. The molecule has 2 rings (SSSR count). The van der Waals surface area contributed by atoms with Crippen LogP contribution >= 0.6 is 12.2 Å². The van der Waals surface area contributed by atoms with E-state index >= 15 is 0 Å². The normalized spacial score (nSPS) is 12.9. The van der Waals surface area contributed by atoms with E-state index in [0.717, 1.165) is 5.52 Å². The second kappa shape index (κ2) is 4.19. The fraction of sp³-hybridized carbons (Fsp3) is 0.273. The first-order valence-electron chi connectivity index (χ1n) is 4.99. The van der Waals surface area contributed by atoms with Crippen LogP contribution in [0.25, 0.3) is 10.9 Å². The van der Waals surface area contributed by atoms with Crippen molar-refractivity contribution in [3.8, 4) is 0 Å². The number of rotatable bonds is 2. The number of fused-ring (bicyclic) bond motifs is 1. The first kappa shape index (κ1) is 11.0. The highest BCUT2D eigenvalue weighted by Crippen LogP contribution is 2.06. The summed E-state index contributed by atoms with van der Waals surface area (Å²) >= 11 is 5.08. The molecule has 1 heterocycles. The lowest BCUT2D eigenvalue weighted by Gasteiger charge is -2.09. The largest absolute Gasteiger partial charge is 0.392 e. The van der Waals surface area contributed by atoms with Gasteiger partial charge in [0, 0.05) is 0 Å². The van der Waals surface area contributed by atoms with Crippen molar-refractivity contribution in [2.24, 2.45) is 0 Å². The quantitative estimate of drug-likeness (QED) is 0.776. The zero-order valence-corrected chi connectivity index (χ0v) is 9.62. The third-order valence-corrected chi connectivity index (χ3v) is 2.66. The molecule has 0 radical (unpaired) electrons. The average molecular weight is 236 g/mol. The van der Waals surface area contributed by atoms with Crippen molar-refractivity contribution in [2.45, 2.75) is 19.6 Å². The van der Waals surface area contributed by atoms with Crippen molar-refractivity contribution in [1.82, 2.24) is 9.55 Å². The highest BCUT2D eigenvalue weighted by molar-refractivity contribution is 7.71. The summed E-state index contributed by atoms with van der Waals surface area (Å²) in [5.41, 5.74) is 0.555. The fourth-order valence-electron chi connectivity index (χ4n) is 1.63. The lowest BCUT2D eigenvalue weighted by Crippen LogP contribution is -2.26. The van der Waals surface area contributed by atoms with Crippen molar-refractivity contribution in [3.05, 3.63) is 39.4 Å². The van der Waals surface area contributed by atoms with Crippen LogP contribution in [0, 0.1) is 4.77 Å². The maximum atomic E-state index is 12.0. The van der Waals surface area contributed by atoms with E-state index < -0.39 is 6.10 Å². The Morgan fingerprint density at radius 3 is 2.88 bits per heavy atom. The highest BCUT2D eigenvalue weighted by Gasteiger charge is 2.06. The number of aliphatic hydroxyl groups is 1. The Bertz CT molecular complexity index is 628. The number of para-hydroxylation sites is 1. The summed E-state index contributed by atoms with van der Waals surface area (Å²) in [6.07, 6.45) is -0.603. The minimum Gasteiger partial charge on any atom is -0.392 e. The molecule has 0 unspecified atom stereocenters. The Labute approximate surface area is 97.2 Å². The zero-order valence-electron chi connectivity index (χ0n) is 8.80. The van der Waals surface area contributed by atoms with E-state index in [0.29, 0.717) is 10.2 Å². The van der Waals surface area contributed by atoms with E-state index in [1.54, 1.807) is 25.1 Å². The first-order chi connectivity index (χ1) is 7.59. The van der Waals surface area contributed by atoms with Gasteiger partial charge in [0.15, 0.2) is 4.77 Å². The number of benzene rings is 1. The van der Waals surface area contributed by atoms with Gasteiger partial charge in [-0.15, -0.1) is 0 Å². The van der Waals surface area contributed by atoms with E-state index in [4.69, 9.17) is 12.2 Å². The van der Waals surface area contributed by atoms with E-state index in [1.807, 2.05) is 6.07 Å². The molecule has 2 N–H and O–H groups in total. The molecule has 0 aliphatic rings. The van der Waals surface area contributed by atoms with Crippen molar-refractivity contribution in [3.63, 3.8) is 0 Å². The van der Waals surface area contributed by atoms with Crippen LogP contribution in [-0.2, 0) is 6.54 Å². The number of aliphatic hydroxyl groups excluding tert-OH is 1. The van der Waals surface area contributed by atoms with Crippen LogP contribution in [0.4, 0.5) is 0 Å². The molecule has 0 saturated heterocycles. The molecule has 0 amide bonds. The summed E-state index contributed by atoms with van der Waals surface area (Å²) < 4.78 is 1.71. The second-order valence-electron chi connectivity index (χ2n) is 3.74. The zero-order chi connectivity index (χ0) is 11.7. The summed E-state index contributed by atoms with van der Waals surface area (Å²) in [4.78, 5) is 15.0. The molecule has 4 nitrogen and oxygen atoms in total. The molecule has 84 valence electrons. The van der Waals surface area contributed by atoms with E-state index in [1.165, 1.54) is 4.57 Å². The Morgan fingerprint density at radius 1 is 1.50 bits per heavy atom. The van der Waals surface area contributed by atoms with Gasteiger partial charge < -0.3 is 10.1 Å². The monoisotopic (exact) mass is 236 g/mol. The smallest absolute Gasteiger partial charge is 0.262 e. The molecule has 1 aromatic heterocycles. The molecule has 1 atom stereocenters. The van der Waals surface area contributed by atoms with Gasteiger partial charge in [-0.25, -0.2) is 0 Å². The number of aromatic nitrogens is 2. The predicted molar refractivity (Wildman–Crippen MR) is 65.1 cm³/mol. The molecule has 0 bridgehead atoms. The molecule has 5 heteroatoms. The Kier molecular flexibility index (Phi) is 2.89. The predicted octanol–water partition coefficient (Wildman–Crippen LogP) is 1.44. The number of H-pyrrole nitrogens is 1. The van der Waals surface area contributed by atoms with E-state index in [-0.39, 0.29) is 12.1 Å². The van der Waals surface area contributed by atoms with Crippen molar-refractivity contribution >= 4 is 23.1 Å². The molecule has 1 aromatic carbocycles. The summed E-state index contributed by atoms with van der Waals surface area (Å²) in [7, 11) is 0. The summed E-state index contributed by atoms with van der Waals surface area (Å²) in [6, 6.07) is 7.18. The van der Waals surface area contributed by atoms with Gasteiger partial charge >= 0.3 is 0 Å². The minimum atomic E-state index is -0.603. The van der Waals surface area contributed by atoms with Crippen molar-refractivity contribution in [1.29, 1.82) is 0 Å². The van der Waals surface area contributed by atoms with Gasteiger partial charge in [0.2, 0.25) is 0 Å². The highest BCUT2D eigenvalue weighted by atomic mass is 32.1. The summed E-state index contributed by atoms with van der Waals surface area (Å²) in [5, 5.41) is 9.89. The van der Waals surface area contributed by atoms with Crippen LogP contribution in [0.2, 0.25) is 0 Å². The molecule has 2 aromatic rings. The minimum absolute atomic E-state index is 0.166. The maximum absolute atomic E-state index is 12.0. The average Bonchev–Trinajstić information content (AvgIpc) is 2.24. The van der Waals surface area contributed by atoms with Crippen LogP contribution < -0.4 is 5.56 Å². The number of aromatic amines is 1. The van der Waals surface area contributed by atoms with Crippen molar-refractivity contribution < 1.29 is 5.11 Å². The van der Waals surface area contributed by atoms with Crippen LogP contribution in [0.5, 0.6) is 0 Å². The SMILES string of the molecule is C[C@H](O)Cn1c(=S)[nH]c2ccccc2c1=O. The van der Waals surface area contributed by atoms with Gasteiger partial charge in [0.05, 0.1) is 23.6 Å². The molecular formula is C11H12N2O2S. The molecular weight excluding hydrogens is 224 g/mol. The molecule has 0 aliphatic heterocycles. The van der Waals surface area contributed by atoms with Crippen LogP contribution in [0.15, 0.2) is 29.1 Å². The standard InChI is InChI=1S/C11H12N2O2S/c1-7(14)6-13-10(15)8-4-2-3-5-9(8)12-11(13)16/h2-5,7,14H,6H2,1H3,(H,12,16)/t7-/m0/s1. The topological polar surface area (TPSA) is 58.0 Å². The van der Waals surface area contributed by atoms with Gasteiger partial charge in [0.25, 0.3) is 5.56 Å². The first-order valence-corrected chi connectivity index (χ1v) is 5.40. The molecule has 0 saturated carbocycles. The number of hydrogen-bond acceptors (Lipinski definition) is 3. The van der Waals surface area contributed by atoms with Gasteiger partial charge in [-0.1, -0.05) is 12.1 Å². The van der Waals surface area contributed by atoms with Crippen molar-refractivity contribution in [2.75, 3.05) is 0 Å². The Morgan fingerprint density at radius 2 is 2.19 bits per heavy atom. The molecule has 0 fully saturated rings. The van der Waals surface area contributed by atoms with Gasteiger partial charge in [-0.3, -0.25) is 9.36 Å². The fourth-order valence-corrected chi connectivity index (χ4v) is 1.90. The van der Waals surface area contributed by atoms with E-state index in [9.17, 15) is 9.90 Å². The van der Waals surface area contributed by atoms with Gasteiger partial charge in [-0.2, -0.15) is 0 Å². The van der Waals surface area contributed by atoms with Crippen LogP contribution in [0.3, 0.4) is 0 Å². The third kappa shape index (κ3) is 1.91.